The lowest BCUT2D eigenvalue weighted by Gasteiger charge is -2.39. The van der Waals surface area contributed by atoms with Gasteiger partial charge in [0, 0.05) is 17.7 Å². The molecule has 2 heterocycles. The molecule has 1 aliphatic rings. The van der Waals surface area contributed by atoms with Gasteiger partial charge in [-0.15, -0.1) is 0 Å². The minimum absolute atomic E-state index is 0.111. The minimum Gasteiger partial charge on any atom is -0.508 e. The van der Waals surface area contributed by atoms with Crippen molar-refractivity contribution in [3.05, 3.63) is 40.6 Å². The minimum atomic E-state index is -1.76. The van der Waals surface area contributed by atoms with E-state index >= 15 is 0 Å². The largest absolute Gasteiger partial charge is 0.508 e. The van der Waals surface area contributed by atoms with Crippen LogP contribution in [-0.2, 0) is 4.74 Å². The lowest BCUT2D eigenvalue weighted by Crippen LogP contribution is -2.60. The fourth-order valence-corrected chi connectivity index (χ4v) is 3.68. The summed E-state index contributed by atoms with van der Waals surface area (Å²) in [6.45, 7) is -0.690. The Hall–Kier alpha value is -3.55. The second-order valence-electron chi connectivity index (χ2n) is 7.63. The number of rotatable bonds is 5. The standard InChI is InChI=1S/C22H22O12/c1-31-21-17(28)15-12(32-20(21)8-2-3-10(25)11(26)4-8)5-9(24)6-13(15)33-22-19(30)18(29)16(27)14(7-23)34-22/h2-6,14,16,18-19,22-27,29-30H,7H2,1H3/t14?,16-,18+,19?,22-/m1/s1. The zero-order chi connectivity index (χ0) is 24.7. The summed E-state index contributed by atoms with van der Waals surface area (Å²) in [4.78, 5) is 13.3. The van der Waals surface area contributed by atoms with Gasteiger partial charge < -0.3 is 54.4 Å². The van der Waals surface area contributed by atoms with Gasteiger partial charge in [-0.2, -0.15) is 0 Å². The Morgan fingerprint density at radius 1 is 0.971 bits per heavy atom. The maximum atomic E-state index is 13.3. The zero-order valence-corrected chi connectivity index (χ0v) is 17.7. The van der Waals surface area contributed by atoms with Crippen molar-refractivity contribution in [1.82, 2.24) is 0 Å². The number of aromatic hydroxyl groups is 3. The quantitative estimate of drug-likeness (QED) is 0.238. The Labute approximate surface area is 191 Å². The molecule has 34 heavy (non-hydrogen) atoms. The Balaban J connectivity index is 1.85. The smallest absolute Gasteiger partial charge is 0.239 e. The van der Waals surface area contributed by atoms with E-state index in [0.717, 1.165) is 18.2 Å². The molecule has 0 radical (unpaired) electrons. The van der Waals surface area contributed by atoms with Gasteiger partial charge in [-0.1, -0.05) is 0 Å². The van der Waals surface area contributed by atoms with Crippen molar-refractivity contribution < 1.29 is 54.4 Å². The predicted octanol–water partition coefficient (Wildman–Crippen LogP) is -0.236. The highest BCUT2D eigenvalue weighted by Crippen LogP contribution is 2.39. The summed E-state index contributed by atoms with van der Waals surface area (Å²) in [6, 6.07) is 5.88. The average Bonchev–Trinajstić information content (AvgIpc) is 2.80. The first kappa shape index (κ1) is 23.6. The van der Waals surface area contributed by atoms with E-state index in [-0.39, 0.29) is 39.5 Å². The molecule has 0 saturated carbocycles. The lowest BCUT2D eigenvalue weighted by molar-refractivity contribution is -0.277. The Kier molecular flexibility index (Phi) is 6.25. The monoisotopic (exact) mass is 478 g/mol. The van der Waals surface area contributed by atoms with E-state index in [4.69, 9.17) is 18.6 Å². The van der Waals surface area contributed by atoms with E-state index < -0.39 is 54.2 Å². The molecule has 0 amide bonds. The maximum Gasteiger partial charge on any atom is 0.239 e. The fourth-order valence-electron chi connectivity index (χ4n) is 3.68. The van der Waals surface area contributed by atoms with Gasteiger partial charge in [0.05, 0.1) is 13.7 Å². The third-order valence-electron chi connectivity index (χ3n) is 5.44. The normalized spacial score (nSPS) is 24.8. The summed E-state index contributed by atoms with van der Waals surface area (Å²) >= 11 is 0. The molecule has 1 fully saturated rings. The van der Waals surface area contributed by atoms with Gasteiger partial charge in [0.15, 0.2) is 17.3 Å². The second kappa shape index (κ2) is 9.00. The molecule has 4 rings (SSSR count). The van der Waals surface area contributed by atoms with E-state index in [2.05, 4.69) is 0 Å². The number of aliphatic hydroxyl groups excluding tert-OH is 4. The highest BCUT2D eigenvalue weighted by atomic mass is 16.7. The van der Waals surface area contributed by atoms with Gasteiger partial charge in [0.2, 0.25) is 17.5 Å². The summed E-state index contributed by atoms with van der Waals surface area (Å²) < 4.78 is 21.9. The van der Waals surface area contributed by atoms with Gasteiger partial charge in [-0.25, -0.2) is 0 Å². The van der Waals surface area contributed by atoms with Crippen molar-refractivity contribution in [2.24, 2.45) is 0 Å². The van der Waals surface area contributed by atoms with E-state index in [0.29, 0.717) is 0 Å². The summed E-state index contributed by atoms with van der Waals surface area (Å²) in [6.07, 6.45) is -7.98. The van der Waals surface area contributed by atoms with Crippen molar-refractivity contribution in [2.75, 3.05) is 13.7 Å². The number of fused-ring (bicyclic) bond motifs is 1. The van der Waals surface area contributed by atoms with Gasteiger partial charge in [-0.05, 0) is 18.2 Å². The predicted molar refractivity (Wildman–Crippen MR) is 114 cm³/mol. The van der Waals surface area contributed by atoms with Crippen LogP contribution in [0.2, 0.25) is 0 Å². The summed E-state index contributed by atoms with van der Waals surface area (Å²) in [5.74, 6) is -1.95. The van der Waals surface area contributed by atoms with Gasteiger partial charge in [0.25, 0.3) is 0 Å². The topological polar surface area (TPSA) is 200 Å². The van der Waals surface area contributed by atoms with Crippen LogP contribution in [0.1, 0.15) is 0 Å². The number of benzene rings is 2. The molecule has 12 heteroatoms. The number of hydrogen-bond donors (Lipinski definition) is 7. The highest BCUT2D eigenvalue weighted by molar-refractivity contribution is 5.88. The first-order chi connectivity index (χ1) is 16.2. The molecule has 1 saturated heterocycles. The van der Waals surface area contributed by atoms with E-state index in [1.807, 2.05) is 0 Å². The third-order valence-corrected chi connectivity index (χ3v) is 5.44. The van der Waals surface area contributed by atoms with Crippen LogP contribution in [-0.4, -0.2) is 80.2 Å². The van der Waals surface area contributed by atoms with Crippen LogP contribution in [0.3, 0.4) is 0 Å². The SMILES string of the molecule is COc1c(-c2ccc(O)c(O)c2)oc2cc(O)cc(O[C@@H]3OC(CO)[C@@H](O)[C@H](O)C3O)c2c1=O. The first-order valence-corrected chi connectivity index (χ1v) is 10.0. The van der Waals surface area contributed by atoms with Crippen molar-refractivity contribution in [3.8, 4) is 40.1 Å². The molecule has 182 valence electrons. The number of aliphatic hydroxyl groups is 4. The van der Waals surface area contributed by atoms with Crippen LogP contribution in [0.5, 0.6) is 28.7 Å². The third kappa shape index (κ3) is 3.97. The molecule has 0 bridgehead atoms. The fraction of sp³-hybridized carbons (Fsp3) is 0.318. The first-order valence-electron chi connectivity index (χ1n) is 10.0. The van der Waals surface area contributed by atoms with Gasteiger partial charge in [-0.3, -0.25) is 4.79 Å². The van der Waals surface area contributed by atoms with Gasteiger partial charge >= 0.3 is 0 Å². The van der Waals surface area contributed by atoms with Crippen LogP contribution < -0.4 is 14.9 Å². The molecule has 0 aliphatic carbocycles. The van der Waals surface area contributed by atoms with E-state index in [9.17, 15) is 40.5 Å². The number of hydrogen-bond acceptors (Lipinski definition) is 12. The molecule has 2 aromatic carbocycles. The molecule has 3 aromatic rings. The Bertz CT molecular complexity index is 1270. The summed E-state index contributed by atoms with van der Waals surface area (Å²) in [7, 11) is 1.21. The van der Waals surface area contributed by atoms with Crippen LogP contribution in [0.4, 0.5) is 0 Å². The zero-order valence-electron chi connectivity index (χ0n) is 17.7. The molecular formula is C22H22O12. The Morgan fingerprint density at radius 2 is 1.71 bits per heavy atom. The molecule has 1 aliphatic heterocycles. The summed E-state index contributed by atoms with van der Waals surface area (Å²) in [5.41, 5.74) is -0.718. The van der Waals surface area contributed by atoms with Crippen molar-refractivity contribution in [3.63, 3.8) is 0 Å². The second-order valence-corrected chi connectivity index (χ2v) is 7.63. The number of methoxy groups -OCH3 is 1. The molecule has 12 nitrogen and oxygen atoms in total. The number of phenolic OH excluding ortho intramolecular Hbond substituents is 3. The molecular weight excluding hydrogens is 456 g/mol. The number of phenols is 3. The summed E-state index contributed by atoms with van der Waals surface area (Å²) in [5, 5.41) is 68.9. The van der Waals surface area contributed by atoms with Crippen LogP contribution in [0.15, 0.2) is 39.5 Å². The van der Waals surface area contributed by atoms with Crippen LogP contribution in [0, 0.1) is 0 Å². The number of ether oxygens (including phenoxy) is 3. The molecule has 0 spiro atoms. The lowest BCUT2D eigenvalue weighted by atomic mass is 9.99. The Morgan fingerprint density at radius 3 is 2.35 bits per heavy atom. The van der Waals surface area contributed by atoms with E-state index in [1.165, 1.54) is 19.2 Å². The molecule has 5 atom stereocenters. The maximum absolute atomic E-state index is 13.3. The van der Waals surface area contributed by atoms with Crippen molar-refractivity contribution in [1.29, 1.82) is 0 Å². The average molecular weight is 478 g/mol. The molecule has 1 aromatic heterocycles. The van der Waals surface area contributed by atoms with Crippen LogP contribution >= 0.6 is 0 Å². The van der Waals surface area contributed by atoms with Crippen molar-refractivity contribution >= 4 is 11.0 Å². The molecule has 7 N–H and O–H groups in total. The van der Waals surface area contributed by atoms with Gasteiger partial charge in [0.1, 0.15) is 46.9 Å². The highest BCUT2D eigenvalue weighted by Gasteiger charge is 2.45. The molecule has 2 unspecified atom stereocenters. The van der Waals surface area contributed by atoms with Crippen LogP contribution in [0.25, 0.3) is 22.3 Å². The van der Waals surface area contributed by atoms with Crippen molar-refractivity contribution in [2.45, 2.75) is 30.7 Å². The van der Waals surface area contributed by atoms with E-state index in [1.54, 1.807) is 0 Å².